The van der Waals surface area contributed by atoms with Crippen LogP contribution in [-0.2, 0) is 19.3 Å². The first-order valence-electron chi connectivity index (χ1n) is 11.4. The fraction of sp³-hybridized carbons (Fsp3) is 0.222. The van der Waals surface area contributed by atoms with Crippen LogP contribution in [-0.4, -0.2) is 36.6 Å². The van der Waals surface area contributed by atoms with Gasteiger partial charge >= 0.3 is 0 Å². The van der Waals surface area contributed by atoms with Crippen LogP contribution in [0.25, 0.3) is 0 Å². The summed E-state index contributed by atoms with van der Waals surface area (Å²) in [5.74, 6) is -0.0511. The van der Waals surface area contributed by atoms with Crippen molar-refractivity contribution in [2.45, 2.75) is 18.7 Å². The van der Waals surface area contributed by atoms with Crippen molar-refractivity contribution in [3.8, 4) is 5.75 Å². The third kappa shape index (κ3) is 3.83. The summed E-state index contributed by atoms with van der Waals surface area (Å²) in [6.45, 7) is 4.10. The molecule has 0 radical (unpaired) electrons. The fourth-order valence-electron chi connectivity index (χ4n) is 4.66. The zero-order valence-electron chi connectivity index (χ0n) is 19.5. The summed E-state index contributed by atoms with van der Waals surface area (Å²) in [4.78, 5) is 42.1. The van der Waals surface area contributed by atoms with Crippen molar-refractivity contribution in [3.05, 3.63) is 83.9 Å². The molecular formula is C27H25N3O4S. The SMILES string of the molecule is CCOc1ccccc1NC(=O)CN1C(=O)[C@@]2(SCC(=O)N2c2cccc(C)c2)c2ccccc21. The maximum absolute atomic E-state index is 14.1. The van der Waals surface area contributed by atoms with Gasteiger partial charge in [0.2, 0.25) is 16.7 Å². The van der Waals surface area contributed by atoms with E-state index in [2.05, 4.69) is 5.32 Å². The molecule has 8 heteroatoms. The van der Waals surface area contributed by atoms with E-state index in [9.17, 15) is 14.4 Å². The van der Waals surface area contributed by atoms with Crippen molar-refractivity contribution in [1.29, 1.82) is 0 Å². The Kier molecular flexibility index (Phi) is 5.98. The van der Waals surface area contributed by atoms with Gasteiger partial charge in [-0.25, -0.2) is 0 Å². The highest BCUT2D eigenvalue weighted by Crippen LogP contribution is 2.55. The number of thioether (sulfide) groups is 1. The minimum absolute atomic E-state index is 0.138. The minimum Gasteiger partial charge on any atom is -0.492 e. The Bertz CT molecular complexity index is 1330. The zero-order chi connectivity index (χ0) is 24.6. The van der Waals surface area contributed by atoms with E-state index in [1.165, 1.54) is 16.7 Å². The van der Waals surface area contributed by atoms with Gasteiger partial charge < -0.3 is 10.1 Å². The van der Waals surface area contributed by atoms with E-state index in [1.807, 2.05) is 74.5 Å². The second-order valence-corrected chi connectivity index (χ2v) is 9.55. The van der Waals surface area contributed by atoms with Crippen molar-refractivity contribution in [2.24, 2.45) is 0 Å². The van der Waals surface area contributed by atoms with Crippen molar-refractivity contribution >= 4 is 46.5 Å². The first-order chi connectivity index (χ1) is 17.0. The van der Waals surface area contributed by atoms with E-state index >= 15 is 0 Å². The molecule has 0 bridgehead atoms. The highest BCUT2D eigenvalue weighted by atomic mass is 32.2. The Labute approximate surface area is 208 Å². The molecule has 2 aliphatic rings. The zero-order valence-corrected chi connectivity index (χ0v) is 20.3. The molecule has 0 aromatic heterocycles. The molecule has 3 aromatic rings. The second-order valence-electron chi connectivity index (χ2n) is 8.39. The number of rotatable bonds is 6. The lowest BCUT2D eigenvalue weighted by Gasteiger charge is -2.33. The molecule has 0 unspecified atom stereocenters. The second kappa shape index (κ2) is 9.11. The van der Waals surface area contributed by atoms with Crippen molar-refractivity contribution in [1.82, 2.24) is 0 Å². The minimum atomic E-state index is -1.25. The smallest absolute Gasteiger partial charge is 0.269 e. The highest BCUT2D eigenvalue weighted by molar-refractivity contribution is 8.02. The molecule has 3 aromatic carbocycles. The number of anilines is 3. The van der Waals surface area contributed by atoms with Crippen LogP contribution in [0.1, 0.15) is 18.1 Å². The maximum atomic E-state index is 14.1. The Morgan fingerprint density at radius 3 is 2.63 bits per heavy atom. The van der Waals surface area contributed by atoms with E-state index in [4.69, 9.17) is 4.74 Å². The Morgan fingerprint density at radius 2 is 1.83 bits per heavy atom. The number of fused-ring (bicyclic) bond motifs is 2. The molecule has 1 spiro atoms. The van der Waals surface area contributed by atoms with Gasteiger partial charge in [-0.05, 0) is 49.7 Å². The van der Waals surface area contributed by atoms with Crippen LogP contribution < -0.4 is 19.9 Å². The average Bonchev–Trinajstić information content (AvgIpc) is 3.31. The van der Waals surface area contributed by atoms with Crippen LogP contribution in [0.2, 0.25) is 0 Å². The number of hydrogen-bond acceptors (Lipinski definition) is 5. The molecule has 1 N–H and O–H groups in total. The van der Waals surface area contributed by atoms with Gasteiger partial charge in [0.1, 0.15) is 12.3 Å². The fourth-order valence-corrected chi connectivity index (χ4v) is 6.02. The standard InChI is InChI=1S/C27H25N3O4S/c1-3-34-23-14-7-5-12-21(23)28-24(31)16-29-22-13-6-4-11-20(22)27(26(29)33)30(25(32)17-35-27)19-10-8-9-18(2)15-19/h4-15H,3,16-17H2,1-2H3,(H,28,31)/t27-/m0/s1. The van der Waals surface area contributed by atoms with Crippen LogP contribution in [0.3, 0.4) is 0 Å². The summed E-state index contributed by atoms with van der Waals surface area (Å²) in [6.07, 6.45) is 0. The summed E-state index contributed by atoms with van der Waals surface area (Å²) in [7, 11) is 0. The molecule has 1 saturated heterocycles. The monoisotopic (exact) mass is 487 g/mol. The summed E-state index contributed by atoms with van der Waals surface area (Å²) < 4.78 is 5.60. The lowest BCUT2D eigenvalue weighted by atomic mass is 10.0. The molecule has 0 saturated carbocycles. The van der Waals surface area contributed by atoms with Gasteiger partial charge in [-0.3, -0.25) is 24.2 Å². The van der Waals surface area contributed by atoms with Gasteiger partial charge in [0, 0.05) is 11.3 Å². The van der Waals surface area contributed by atoms with Gasteiger partial charge in [0.25, 0.3) is 5.91 Å². The van der Waals surface area contributed by atoms with Crippen LogP contribution in [0.4, 0.5) is 17.1 Å². The lowest BCUT2D eigenvalue weighted by molar-refractivity contribution is -0.124. The summed E-state index contributed by atoms with van der Waals surface area (Å²) in [5.41, 5.74) is 3.54. The number of aryl methyl sites for hydroxylation is 1. The highest BCUT2D eigenvalue weighted by Gasteiger charge is 2.61. The molecule has 7 nitrogen and oxygen atoms in total. The quantitative estimate of drug-likeness (QED) is 0.561. The average molecular weight is 488 g/mol. The normalized spacial score (nSPS) is 18.8. The summed E-state index contributed by atoms with van der Waals surface area (Å²) in [5, 5.41) is 2.87. The molecule has 2 aliphatic heterocycles. The molecule has 35 heavy (non-hydrogen) atoms. The first kappa shape index (κ1) is 23.0. The maximum Gasteiger partial charge on any atom is 0.269 e. The van der Waals surface area contributed by atoms with E-state index in [0.717, 1.165) is 5.56 Å². The van der Waals surface area contributed by atoms with Gasteiger partial charge in [-0.2, -0.15) is 0 Å². The van der Waals surface area contributed by atoms with Crippen LogP contribution in [0.5, 0.6) is 5.75 Å². The first-order valence-corrected chi connectivity index (χ1v) is 12.4. The molecule has 3 amide bonds. The van der Waals surface area contributed by atoms with Crippen LogP contribution in [0, 0.1) is 6.92 Å². The van der Waals surface area contributed by atoms with Crippen LogP contribution >= 0.6 is 11.8 Å². The van der Waals surface area contributed by atoms with Gasteiger partial charge in [0.05, 0.1) is 23.7 Å². The third-order valence-corrected chi connectivity index (χ3v) is 7.47. The Morgan fingerprint density at radius 1 is 1.06 bits per heavy atom. The predicted octanol–water partition coefficient (Wildman–Crippen LogP) is 4.31. The third-order valence-electron chi connectivity index (χ3n) is 6.09. The van der Waals surface area contributed by atoms with Gasteiger partial charge in [0.15, 0.2) is 0 Å². The van der Waals surface area contributed by atoms with E-state index in [0.29, 0.717) is 35.0 Å². The largest absolute Gasteiger partial charge is 0.492 e. The van der Waals surface area contributed by atoms with Crippen molar-refractivity contribution in [2.75, 3.05) is 34.0 Å². The molecule has 0 aliphatic carbocycles. The van der Waals surface area contributed by atoms with E-state index < -0.39 is 4.87 Å². The predicted molar refractivity (Wildman–Crippen MR) is 138 cm³/mol. The number of nitrogens with zero attached hydrogens (tertiary/aromatic N) is 2. The van der Waals surface area contributed by atoms with Crippen molar-refractivity contribution < 1.29 is 19.1 Å². The van der Waals surface area contributed by atoms with Crippen molar-refractivity contribution in [3.63, 3.8) is 0 Å². The van der Waals surface area contributed by atoms with E-state index in [1.54, 1.807) is 17.0 Å². The number of carbonyl (C=O) groups excluding carboxylic acids is 3. The topological polar surface area (TPSA) is 79.0 Å². The molecule has 1 fully saturated rings. The van der Waals surface area contributed by atoms with E-state index in [-0.39, 0.29) is 30.0 Å². The Balaban J connectivity index is 1.49. The number of para-hydroxylation sites is 3. The molecule has 1 atom stereocenters. The number of nitrogens with one attached hydrogen (secondary N) is 1. The number of hydrogen-bond donors (Lipinski definition) is 1. The van der Waals surface area contributed by atoms with Gasteiger partial charge in [-0.15, -0.1) is 11.8 Å². The summed E-state index contributed by atoms with van der Waals surface area (Å²) in [6, 6.07) is 22.1. The van der Waals surface area contributed by atoms with Gasteiger partial charge in [-0.1, -0.05) is 42.5 Å². The number of amides is 3. The number of benzene rings is 3. The number of carbonyl (C=O) groups is 3. The lowest BCUT2D eigenvalue weighted by Crippen LogP contribution is -2.50. The Hall–Kier alpha value is -3.78. The molecule has 178 valence electrons. The molecular weight excluding hydrogens is 462 g/mol. The van der Waals surface area contributed by atoms with Crippen LogP contribution in [0.15, 0.2) is 72.8 Å². The number of ether oxygens (including phenoxy) is 1. The molecule has 5 rings (SSSR count). The molecule has 2 heterocycles. The summed E-state index contributed by atoms with van der Waals surface area (Å²) >= 11 is 1.30.